The highest BCUT2D eigenvalue weighted by Gasteiger charge is 2.05. The van der Waals surface area contributed by atoms with Crippen molar-refractivity contribution < 1.29 is 9.13 Å². The average molecular weight is 480 g/mol. The maximum absolute atomic E-state index is 13.7. The van der Waals surface area contributed by atoms with Gasteiger partial charge in [0.1, 0.15) is 5.82 Å². The molecule has 0 radical (unpaired) electrons. The van der Waals surface area contributed by atoms with Crippen molar-refractivity contribution in [2.75, 3.05) is 51.3 Å². The first-order valence-electron chi connectivity index (χ1n) is 9.24. The fourth-order valence-electron chi connectivity index (χ4n) is 2.40. The Hall–Kier alpha value is -1.09. The molecule has 0 bridgehead atoms. The molecule has 150 valence electrons. The van der Waals surface area contributed by atoms with E-state index in [4.69, 9.17) is 4.74 Å². The lowest BCUT2D eigenvalue weighted by atomic mass is 10.2. The molecule has 0 heterocycles. The minimum atomic E-state index is -0.185. The van der Waals surface area contributed by atoms with E-state index < -0.39 is 0 Å². The van der Waals surface area contributed by atoms with Gasteiger partial charge in [-0.15, -0.1) is 24.0 Å². The van der Waals surface area contributed by atoms with E-state index >= 15 is 0 Å². The van der Waals surface area contributed by atoms with E-state index in [0.29, 0.717) is 12.2 Å². The Morgan fingerprint density at radius 1 is 1.15 bits per heavy atom. The number of hydrogen-bond donors (Lipinski definition) is 2. The molecule has 0 spiro atoms. The Morgan fingerprint density at radius 2 is 1.92 bits per heavy atom. The number of unbranched alkanes of at least 4 members (excludes halogenated alkanes) is 1. The van der Waals surface area contributed by atoms with E-state index in [1.54, 1.807) is 12.1 Å². The molecule has 0 atom stereocenters. The van der Waals surface area contributed by atoms with Gasteiger partial charge in [0.05, 0.1) is 5.69 Å². The molecule has 0 unspecified atom stereocenters. The molecule has 7 heteroatoms. The predicted molar refractivity (Wildman–Crippen MR) is 119 cm³/mol. The van der Waals surface area contributed by atoms with Crippen LogP contribution in [0.2, 0.25) is 0 Å². The molecular formula is C19H34FIN4O. The molecule has 0 saturated carbocycles. The molecule has 0 aliphatic rings. The maximum atomic E-state index is 13.7. The van der Waals surface area contributed by atoms with Crippen LogP contribution in [-0.2, 0) is 4.74 Å². The second kappa shape index (κ2) is 16.1. The molecule has 0 amide bonds. The van der Waals surface area contributed by atoms with E-state index in [9.17, 15) is 4.39 Å². The van der Waals surface area contributed by atoms with Crippen LogP contribution in [0.15, 0.2) is 29.3 Å². The van der Waals surface area contributed by atoms with Gasteiger partial charge in [0.2, 0.25) is 0 Å². The van der Waals surface area contributed by atoms with E-state index in [2.05, 4.69) is 22.5 Å². The lowest BCUT2D eigenvalue weighted by Gasteiger charge is -2.19. The number of benzene rings is 1. The number of para-hydroxylation sites is 1. The number of aliphatic imine (C=N–C) groups is 1. The molecule has 5 nitrogen and oxygen atoms in total. The van der Waals surface area contributed by atoms with E-state index in [-0.39, 0.29) is 29.8 Å². The van der Waals surface area contributed by atoms with Gasteiger partial charge in [0.25, 0.3) is 0 Å². The quantitative estimate of drug-likeness (QED) is 0.208. The monoisotopic (exact) mass is 480 g/mol. The summed E-state index contributed by atoms with van der Waals surface area (Å²) in [5.41, 5.74) is 0.630. The maximum Gasteiger partial charge on any atom is 0.191 e. The Balaban J connectivity index is 0.00000625. The van der Waals surface area contributed by atoms with Gasteiger partial charge < -0.3 is 20.3 Å². The van der Waals surface area contributed by atoms with Crippen LogP contribution in [0, 0.1) is 5.82 Å². The van der Waals surface area contributed by atoms with Crippen LogP contribution < -0.4 is 15.5 Å². The van der Waals surface area contributed by atoms with E-state index in [1.165, 1.54) is 6.07 Å². The average Bonchev–Trinajstić information content (AvgIpc) is 2.61. The molecule has 0 aliphatic carbocycles. The van der Waals surface area contributed by atoms with Crippen LogP contribution in [0.5, 0.6) is 0 Å². The summed E-state index contributed by atoms with van der Waals surface area (Å²) in [6, 6.07) is 6.85. The summed E-state index contributed by atoms with van der Waals surface area (Å²) >= 11 is 0. The fourth-order valence-corrected chi connectivity index (χ4v) is 2.40. The number of nitrogens with zero attached hydrogens (tertiary/aromatic N) is 2. The largest absolute Gasteiger partial charge is 0.382 e. The lowest BCUT2D eigenvalue weighted by molar-refractivity contribution is 0.143. The van der Waals surface area contributed by atoms with Gasteiger partial charge in [-0.2, -0.15) is 0 Å². The summed E-state index contributed by atoms with van der Waals surface area (Å²) in [6.07, 6.45) is 2.97. The summed E-state index contributed by atoms with van der Waals surface area (Å²) in [5.74, 6) is 0.656. The van der Waals surface area contributed by atoms with Crippen LogP contribution in [0.1, 0.15) is 33.1 Å². The van der Waals surface area contributed by atoms with Gasteiger partial charge in [0.15, 0.2) is 5.96 Å². The van der Waals surface area contributed by atoms with Crippen LogP contribution in [0.25, 0.3) is 0 Å². The van der Waals surface area contributed by atoms with Crippen molar-refractivity contribution in [3.8, 4) is 0 Å². The van der Waals surface area contributed by atoms with E-state index in [1.807, 2.05) is 24.9 Å². The molecule has 1 aromatic carbocycles. The van der Waals surface area contributed by atoms with Crippen molar-refractivity contribution in [1.82, 2.24) is 10.6 Å². The number of hydrogen-bond acceptors (Lipinski definition) is 3. The minimum Gasteiger partial charge on any atom is -0.382 e. The molecule has 2 N–H and O–H groups in total. The lowest BCUT2D eigenvalue weighted by Crippen LogP contribution is -2.38. The van der Waals surface area contributed by atoms with Gasteiger partial charge in [-0.25, -0.2) is 4.39 Å². The summed E-state index contributed by atoms with van der Waals surface area (Å²) in [4.78, 5) is 6.51. The molecule has 0 fully saturated rings. The highest BCUT2D eigenvalue weighted by Crippen LogP contribution is 2.16. The standard InChI is InChI=1S/C19H33FN4O.HI/c1-4-21-19(22-13-8-9-16-25-5-2)23-14-10-15-24(3)18-12-7-6-11-17(18)20;/h6-7,11-12H,4-5,8-10,13-16H2,1-3H3,(H2,21,22,23);1H. The first kappa shape index (κ1) is 24.9. The molecule has 26 heavy (non-hydrogen) atoms. The molecule has 1 aromatic rings. The van der Waals surface area contributed by atoms with Gasteiger partial charge in [-0.1, -0.05) is 12.1 Å². The number of ether oxygens (including phenoxy) is 1. The van der Waals surface area contributed by atoms with Gasteiger partial charge >= 0.3 is 0 Å². The third-order valence-corrected chi connectivity index (χ3v) is 3.74. The zero-order valence-electron chi connectivity index (χ0n) is 16.3. The predicted octanol–water partition coefficient (Wildman–Crippen LogP) is 3.64. The molecule has 0 aliphatic heterocycles. The van der Waals surface area contributed by atoms with Crippen molar-refractivity contribution in [3.63, 3.8) is 0 Å². The molecule has 1 rings (SSSR count). The van der Waals surface area contributed by atoms with Crippen molar-refractivity contribution in [2.24, 2.45) is 4.99 Å². The number of rotatable bonds is 12. The Morgan fingerprint density at radius 3 is 2.62 bits per heavy atom. The van der Waals surface area contributed by atoms with Crippen LogP contribution in [0.4, 0.5) is 10.1 Å². The van der Waals surface area contributed by atoms with Gasteiger partial charge in [-0.3, -0.25) is 4.99 Å². The highest BCUT2D eigenvalue weighted by molar-refractivity contribution is 14.0. The molecule has 0 aromatic heterocycles. The van der Waals surface area contributed by atoms with Crippen LogP contribution in [-0.4, -0.2) is 52.4 Å². The summed E-state index contributed by atoms with van der Waals surface area (Å²) in [7, 11) is 1.91. The van der Waals surface area contributed by atoms with Gasteiger partial charge in [-0.05, 0) is 45.2 Å². The number of halogens is 2. The van der Waals surface area contributed by atoms with Crippen molar-refractivity contribution in [2.45, 2.75) is 33.1 Å². The summed E-state index contributed by atoms with van der Waals surface area (Å²) in [6.45, 7) is 8.84. The topological polar surface area (TPSA) is 48.9 Å². The SMILES string of the molecule is CCNC(=NCCCN(C)c1ccccc1F)NCCCCOCC.I. The third-order valence-electron chi connectivity index (χ3n) is 3.74. The Kier molecular flexibility index (Phi) is 15.4. The molecular weight excluding hydrogens is 446 g/mol. The third kappa shape index (κ3) is 10.8. The summed E-state index contributed by atoms with van der Waals surface area (Å²) < 4.78 is 19.1. The number of nitrogens with one attached hydrogen (secondary N) is 2. The fraction of sp³-hybridized carbons (Fsp3) is 0.632. The Bertz CT molecular complexity index is 502. The zero-order valence-corrected chi connectivity index (χ0v) is 18.6. The van der Waals surface area contributed by atoms with Crippen molar-refractivity contribution in [1.29, 1.82) is 0 Å². The molecule has 0 saturated heterocycles. The number of guanidine groups is 1. The van der Waals surface area contributed by atoms with Crippen LogP contribution >= 0.6 is 24.0 Å². The smallest absolute Gasteiger partial charge is 0.191 e. The minimum absolute atomic E-state index is 0. The summed E-state index contributed by atoms with van der Waals surface area (Å²) in [5, 5.41) is 6.58. The normalized spacial score (nSPS) is 11.0. The first-order valence-corrected chi connectivity index (χ1v) is 9.24. The zero-order chi connectivity index (χ0) is 18.3. The van der Waals surface area contributed by atoms with Gasteiger partial charge in [0, 0.05) is 46.4 Å². The van der Waals surface area contributed by atoms with E-state index in [0.717, 1.165) is 58.1 Å². The first-order chi connectivity index (χ1) is 12.2. The highest BCUT2D eigenvalue weighted by atomic mass is 127. The van der Waals surface area contributed by atoms with Crippen LogP contribution in [0.3, 0.4) is 0 Å². The number of anilines is 1. The second-order valence-corrected chi connectivity index (χ2v) is 5.82. The second-order valence-electron chi connectivity index (χ2n) is 5.82. The van der Waals surface area contributed by atoms with Crippen molar-refractivity contribution >= 4 is 35.6 Å². The Labute approximate surface area is 174 Å². The van der Waals surface area contributed by atoms with Crippen molar-refractivity contribution in [3.05, 3.63) is 30.1 Å².